The number of hydrogen-bond acceptors (Lipinski definition) is 5. The number of rotatable bonds is 7. The van der Waals surface area contributed by atoms with Gasteiger partial charge in [0.2, 0.25) is 10.0 Å². The van der Waals surface area contributed by atoms with Crippen LogP contribution in [-0.2, 0) is 10.0 Å². The lowest BCUT2D eigenvalue weighted by molar-refractivity contribution is 0.571. The highest BCUT2D eigenvalue weighted by Crippen LogP contribution is 2.18. The van der Waals surface area contributed by atoms with Crippen molar-refractivity contribution in [2.45, 2.75) is 30.2 Å². The zero-order valence-electron chi connectivity index (χ0n) is 10.2. The number of hydrogen-bond donors (Lipinski definition) is 4. The molecule has 1 aliphatic rings. The second-order valence-corrected chi connectivity index (χ2v) is 6.15. The van der Waals surface area contributed by atoms with Crippen LogP contribution in [0.25, 0.3) is 0 Å². The van der Waals surface area contributed by atoms with Crippen LogP contribution in [0, 0.1) is 0 Å². The Hall–Kier alpha value is -1.45. The fraction of sp³-hybridized carbons (Fsp3) is 0.600. The van der Waals surface area contributed by atoms with Crippen LogP contribution in [0.1, 0.15) is 19.3 Å². The molecule has 4 N–H and O–H groups in total. The van der Waals surface area contributed by atoms with E-state index < -0.39 is 26.2 Å². The monoisotopic (exact) mass is 288 g/mol. The quantitative estimate of drug-likeness (QED) is 0.454. The third-order valence-corrected chi connectivity index (χ3v) is 4.20. The zero-order valence-corrected chi connectivity index (χ0v) is 11.0. The first-order valence-electron chi connectivity index (χ1n) is 6.04. The minimum Gasteiger partial charge on any atom is -0.314 e. The largest absolute Gasteiger partial charge is 0.325 e. The molecule has 1 aromatic rings. The summed E-state index contributed by atoms with van der Waals surface area (Å²) in [6, 6.07) is 0.582. The van der Waals surface area contributed by atoms with E-state index in [4.69, 9.17) is 0 Å². The summed E-state index contributed by atoms with van der Waals surface area (Å²) in [6.07, 6.45) is 3.89. The fourth-order valence-electron chi connectivity index (χ4n) is 1.56. The van der Waals surface area contributed by atoms with Gasteiger partial charge >= 0.3 is 5.69 Å². The molecule has 0 bridgehead atoms. The fourth-order valence-corrected chi connectivity index (χ4v) is 2.64. The summed E-state index contributed by atoms with van der Waals surface area (Å²) >= 11 is 0. The van der Waals surface area contributed by atoms with Crippen molar-refractivity contribution in [3.05, 3.63) is 27.0 Å². The van der Waals surface area contributed by atoms with Crippen molar-refractivity contribution in [3.8, 4) is 0 Å². The molecule has 1 fully saturated rings. The standard InChI is InChI=1S/C10H16N4O4S/c15-9-8(6-12-10(16)14-9)19(17,18)13-5-1-4-11-7-2-3-7/h6-7,11,13H,1-5H2,(H2,12,14,15,16). The van der Waals surface area contributed by atoms with E-state index >= 15 is 0 Å². The van der Waals surface area contributed by atoms with Crippen molar-refractivity contribution in [2.24, 2.45) is 0 Å². The SMILES string of the molecule is O=c1[nH]cc(S(=O)(=O)NCCCNC2CC2)c(=O)[nH]1. The summed E-state index contributed by atoms with van der Waals surface area (Å²) in [4.78, 5) is 25.7. The zero-order chi connectivity index (χ0) is 13.9. The highest BCUT2D eigenvalue weighted by molar-refractivity contribution is 7.89. The molecule has 0 saturated heterocycles. The summed E-state index contributed by atoms with van der Waals surface area (Å²) in [6.45, 7) is 0.968. The molecule has 0 aromatic carbocycles. The summed E-state index contributed by atoms with van der Waals surface area (Å²) in [5, 5.41) is 3.25. The van der Waals surface area contributed by atoms with Gasteiger partial charge in [0.1, 0.15) is 0 Å². The summed E-state index contributed by atoms with van der Waals surface area (Å²) in [5.74, 6) is 0. The minimum absolute atomic E-state index is 0.237. The van der Waals surface area contributed by atoms with Crippen LogP contribution in [0.5, 0.6) is 0 Å². The van der Waals surface area contributed by atoms with E-state index in [0.717, 1.165) is 12.7 Å². The molecule has 0 spiro atoms. The van der Waals surface area contributed by atoms with Crippen molar-refractivity contribution in [1.82, 2.24) is 20.0 Å². The van der Waals surface area contributed by atoms with Gasteiger partial charge in [-0.3, -0.25) is 9.78 Å². The molecule has 106 valence electrons. The average molecular weight is 288 g/mol. The van der Waals surface area contributed by atoms with Crippen molar-refractivity contribution < 1.29 is 8.42 Å². The van der Waals surface area contributed by atoms with Crippen LogP contribution in [0.15, 0.2) is 20.7 Å². The molecule has 0 atom stereocenters. The van der Waals surface area contributed by atoms with Gasteiger partial charge in [-0.2, -0.15) is 0 Å². The molecular formula is C10H16N4O4S. The van der Waals surface area contributed by atoms with E-state index in [2.05, 4.69) is 15.0 Å². The van der Waals surface area contributed by atoms with Crippen LogP contribution < -0.4 is 21.3 Å². The Bertz CT molecular complexity index is 644. The van der Waals surface area contributed by atoms with Crippen LogP contribution in [0.2, 0.25) is 0 Å². The molecule has 0 radical (unpaired) electrons. The molecule has 8 nitrogen and oxygen atoms in total. The van der Waals surface area contributed by atoms with Gasteiger partial charge in [-0.05, 0) is 25.8 Å². The minimum atomic E-state index is -3.88. The van der Waals surface area contributed by atoms with Gasteiger partial charge in [0.05, 0.1) is 0 Å². The molecule has 0 amide bonds. The molecule has 0 unspecified atom stereocenters. The maximum atomic E-state index is 11.8. The van der Waals surface area contributed by atoms with Crippen LogP contribution in [0.4, 0.5) is 0 Å². The van der Waals surface area contributed by atoms with E-state index in [1.54, 1.807) is 0 Å². The van der Waals surface area contributed by atoms with Gasteiger partial charge in [0, 0.05) is 18.8 Å². The van der Waals surface area contributed by atoms with Crippen molar-refractivity contribution in [1.29, 1.82) is 0 Å². The first kappa shape index (κ1) is 14.0. The van der Waals surface area contributed by atoms with Gasteiger partial charge in [-0.15, -0.1) is 0 Å². The van der Waals surface area contributed by atoms with Crippen LogP contribution in [0.3, 0.4) is 0 Å². The average Bonchev–Trinajstić information content (AvgIpc) is 3.11. The molecule has 1 aromatic heterocycles. The van der Waals surface area contributed by atoms with Gasteiger partial charge in [0.25, 0.3) is 5.56 Å². The number of H-pyrrole nitrogens is 2. The van der Waals surface area contributed by atoms with E-state index in [1.807, 2.05) is 4.98 Å². The van der Waals surface area contributed by atoms with E-state index in [-0.39, 0.29) is 6.54 Å². The molecule has 9 heteroatoms. The molecule has 1 aliphatic carbocycles. The van der Waals surface area contributed by atoms with E-state index in [9.17, 15) is 18.0 Å². The lowest BCUT2D eigenvalue weighted by Crippen LogP contribution is -2.34. The second kappa shape index (κ2) is 5.68. The van der Waals surface area contributed by atoms with Crippen LogP contribution >= 0.6 is 0 Å². The molecular weight excluding hydrogens is 272 g/mol. The van der Waals surface area contributed by atoms with E-state index in [0.29, 0.717) is 12.5 Å². The first-order chi connectivity index (χ1) is 8.99. The normalized spacial score (nSPS) is 15.6. The highest BCUT2D eigenvalue weighted by atomic mass is 32.2. The predicted molar refractivity (Wildman–Crippen MR) is 68.5 cm³/mol. The Morgan fingerprint density at radius 1 is 1.26 bits per heavy atom. The smallest absolute Gasteiger partial charge is 0.314 e. The summed E-state index contributed by atoms with van der Waals surface area (Å²) in [7, 11) is -3.88. The topological polar surface area (TPSA) is 124 Å². The van der Waals surface area contributed by atoms with Crippen molar-refractivity contribution in [2.75, 3.05) is 13.1 Å². The maximum Gasteiger partial charge on any atom is 0.325 e. The number of nitrogens with one attached hydrogen (secondary N) is 4. The first-order valence-corrected chi connectivity index (χ1v) is 7.52. The molecule has 0 aliphatic heterocycles. The van der Waals surface area contributed by atoms with Gasteiger partial charge in [-0.1, -0.05) is 0 Å². The highest BCUT2D eigenvalue weighted by Gasteiger charge is 2.20. The summed E-state index contributed by atoms with van der Waals surface area (Å²) in [5.41, 5.74) is -1.66. The van der Waals surface area contributed by atoms with Crippen LogP contribution in [-0.4, -0.2) is 37.5 Å². The van der Waals surface area contributed by atoms with Crippen molar-refractivity contribution in [3.63, 3.8) is 0 Å². The third-order valence-electron chi connectivity index (χ3n) is 2.73. The van der Waals surface area contributed by atoms with Crippen molar-refractivity contribution >= 4 is 10.0 Å². The van der Waals surface area contributed by atoms with Gasteiger partial charge in [-0.25, -0.2) is 17.9 Å². The molecule has 1 heterocycles. The number of sulfonamides is 1. The Morgan fingerprint density at radius 3 is 2.63 bits per heavy atom. The van der Waals surface area contributed by atoms with E-state index in [1.165, 1.54) is 12.8 Å². The van der Waals surface area contributed by atoms with Gasteiger partial charge in [0.15, 0.2) is 4.90 Å². The third kappa shape index (κ3) is 4.01. The Labute approximate surface area is 109 Å². The molecule has 19 heavy (non-hydrogen) atoms. The number of aromatic amines is 2. The second-order valence-electron chi connectivity index (χ2n) is 4.42. The maximum absolute atomic E-state index is 11.8. The lowest BCUT2D eigenvalue weighted by Gasteiger charge is -2.06. The summed E-state index contributed by atoms with van der Waals surface area (Å²) < 4.78 is 25.9. The Kier molecular flexibility index (Phi) is 4.17. The van der Waals surface area contributed by atoms with Gasteiger partial charge < -0.3 is 10.3 Å². The molecule has 2 rings (SSSR count). The number of aromatic nitrogens is 2. The molecule has 1 saturated carbocycles. The Balaban J connectivity index is 1.89. The Morgan fingerprint density at radius 2 is 2.00 bits per heavy atom. The lowest BCUT2D eigenvalue weighted by atomic mass is 10.4. The predicted octanol–water partition coefficient (Wildman–Crippen LogP) is -1.52.